The number of unbranched alkanes of at least 4 members (excludes halogenated alkanes) is 2. The second kappa shape index (κ2) is 7.72. The van der Waals surface area contributed by atoms with Crippen molar-refractivity contribution in [3.05, 3.63) is 28.2 Å². The zero-order valence-corrected chi connectivity index (χ0v) is 12.3. The zero-order valence-electron chi connectivity index (χ0n) is 10.7. The van der Waals surface area contributed by atoms with Gasteiger partial charge < -0.3 is 10.5 Å². The maximum Gasteiger partial charge on any atom is 0.133 e. The second-order valence-electron chi connectivity index (χ2n) is 4.43. The molecule has 0 saturated carbocycles. The van der Waals surface area contributed by atoms with Gasteiger partial charge in [0.1, 0.15) is 5.75 Å². The van der Waals surface area contributed by atoms with E-state index in [1.54, 1.807) is 7.11 Å². The number of ether oxygens (including phenoxy) is 1. The van der Waals surface area contributed by atoms with Crippen LogP contribution in [-0.2, 0) is 6.42 Å². The maximum atomic E-state index is 6.12. The van der Waals surface area contributed by atoms with Gasteiger partial charge in [-0.2, -0.15) is 0 Å². The van der Waals surface area contributed by atoms with Crippen LogP contribution in [0.4, 0.5) is 0 Å². The molecule has 17 heavy (non-hydrogen) atoms. The van der Waals surface area contributed by atoms with Crippen molar-refractivity contribution in [1.29, 1.82) is 0 Å². The monoisotopic (exact) mass is 299 g/mol. The lowest BCUT2D eigenvalue weighted by Crippen LogP contribution is -2.22. The first-order chi connectivity index (χ1) is 8.17. The smallest absolute Gasteiger partial charge is 0.133 e. The maximum absolute atomic E-state index is 6.12. The van der Waals surface area contributed by atoms with Crippen LogP contribution in [-0.4, -0.2) is 13.2 Å². The third-order valence-electron chi connectivity index (χ3n) is 2.89. The Labute approximate surface area is 113 Å². The predicted molar refractivity (Wildman–Crippen MR) is 76.5 cm³/mol. The first kappa shape index (κ1) is 14.5. The van der Waals surface area contributed by atoms with Gasteiger partial charge in [-0.15, -0.1) is 0 Å². The quantitative estimate of drug-likeness (QED) is 0.775. The summed E-state index contributed by atoms with van der Waals surface area (Å²) in [7, 11) is 1.68. The molecule has 0 heterocycles. The molecule has 2 N–H and O–H groups in total. The summed E-state index contributed by atoms with van der Waals surface area (Å²) < 4.78 is 6.20. The molecule has 0 aromatic heterocycles. The standard InChI is InChI=1S/C14H22BrNO/c1-3-4-5-6-12(16)9-11-7-8-14(17-2)13(15)10-11/h7-8,10,12H,3-6,9,16H2,1-2H3. The summed E-state index contributed by atoms with van der Waals surface area (Å²) >= 11 is 3.50. The lowest BCUT2D eigenvalue weighted by molar-refractivity contribution is 0.412. The van der Waals surface area contributed by atoms with Crippen molar-refractivity contribution in [3.63, 3.8) is 0 Å². The van der Waals surface area contributed by atoms with Crippen LogP contribution < -0.4 is 10.5 Å². The van der Waals surface area contributed by atoms with E-state index in [4.69, 9.17) is 10.5 Å². The van der Waals surface area contributed by atoms with Crippen LogP contribution in [0.15, 0.2) is 22.7 Å². The number of halogens is 1. The number of nitrogens with two attached hydrogens (primary N) is 1. The summed E-state index contributed by atoms with van der Waals surface area (Å²) in [5.41, 5.74) is 7.39. The zero-order chi connectivity index (χ0) is 12.7. The Morgan fingerprint density at radius 2 is 2.12 bits per heavy atom. The van der Waals surface area contributed by atoms with E-state index in [9.17, 15) is 0 Å². The third-order valence-corrected chi connectivity index (χ3v) is 3.51. The number of hydrogen-bond acceptors (Lipinski definition) is 2. The largest absolute Gasteiger partial charge is 0.496 e. The van der Waals surface area contributed by atoms with Gasteiger partial charge in [-0.05, 0) is 46.5 Å². The van der Waals surface area contributed by atoms with Crippen molar-refractivity contribution in [2.24, 2.45) is 5.73 Å². The van der Waals surface area contributed by atoms with E-state index < -0.39 is 0 Å². The molecular weight excluding hydrogens is 278 g/mol. The SMILES string of the molecule is CCCCCC(N)Cc1ccc(OC)c(Br)c1. The van der Waals surface area contributed by atoms with E-state index in [0.717, 1.165) is 23.1 Å². The molecule has 0 aliphatic heterocycles. The number of benzene rings is 1. The topological polar surface area (TPSA) is 35.2 Å². The Kier molecular flexibility index (Phi) is 6.60. The first-order valence-corrected chi connectivity index (χ1v) is 7.04. The lowest BCUT2D eigenvalue weighted by Gasteiger charge is -2.12. The molecular formula is C14H22BrNO. The molecule has 0 fully saturated rings. The molecule has 1 unspecified atom stereocenters. The molecule has 0 radical (unpaired) electrons. The summed E-state index contributed by atoms with van der Waals surface area (Å²) in [4.78, 5) is 0. The van der Waals surface area contributed by atoms with Crippen LogP contribution in [0.1, 0.15) is 38.2 Å². The highest BCUT2D eigenvalue weighted by Crippen LogP contribution is 2.26. The Morgan fingerprint density at radius 3 is 2.71 bits per heavy atom. The van der Waals surface area contributed by atoms with Gasteiger partial charge >= 0.3 is 0 Å². The van der Waals surface area contributed by atoms with Crippen LogP contribution in [0.2, 0.25) is 0 Å². The van der Waals surface area contributed by atoms with Crippen LogP contribution in [0, 0.1) is 0 Å². The van der Waals surface area contributed by atoms with Crippen molar-refractivity contribution >= 4 is 15.9 Å². The van der Waals surface area contributed by atoms with E-state index in [1.807, 2.05) is 6.07 Å². The highest BCUT2D eigenvalue weighted by Gasteiger charge is 2.06. The molecule has 0 aliphatic carbocycles. The Balaban J connectivity index is 2.48. The average Bonchev–Trinajstić information content (AvgIpc) is 2.29. The number of methoxy groups -OCH3 is 1. The first-order valence-electron chi connectivity index (χ1n) is 6.25. The van der Waals surface area contributed by atoms with Gasteiger partial charge in [-0.3, -0.25) is 0 Å². The number of rotatable bonds is 7. The van der Waals surface area contributed by atoms with Gasteiger partial charge in [0.2, 0.25) is 0 Å². The van der Waals surface area contributed by atoms with Crippen molar-refractivity contribution in [3.8, 4) is 5.75 Å². The second-order valence-corrected chi connectivity index (χ2v) is 5.28. The fourth-order valence-electron chi connectivity index (χ4n) is 1.90. The summed E-state index contributed by atoms with van der Waals surface area (Å²) in [6.45, 7) is 2.21. The van der Waals surface area contributed by atoms with Crippen LogP contribution in [0.3, 0.4) is 0 Å². The molecule has 96 valence electrons. The molecule has 1 aromatic carbocycles. The Morgan fingerprint density at radius 1 is 1.35 bits per heavy atom. The van der Waals surface area contributed by atoms with Gasteiger partial charge in [0.25, 0.3) is 0 Å². The van der Waals surface area contributed by atoms with Crippen molar-refractivity contribution in [2.75, 3.05) is 7.11 Å². The fourth-order valence-corrected chi connectivity index (χ4v) is 2.49. The van der Waals surface area contributed by atoms with Gasteiger partial charge in [0.05, 0.1) is 11.6 Å². The highest BCUT2D eigenvalue weighted by molar-refractivity contribution is 9.10. The van der Waals surface area contributed by atoms with Crippen molar-refractivity contribution < 1.29 is 4.74 Å². The molecule has 0 aliphatic rings. The molecule has 3 heteroatoms. The lowest BCUT2D eigenvalue weighted by atomic mass is 10.0. The van der Waals surface area contributed by atoms with Gasteiger partial charge in [-0.25, -0.2) is 0 Å². The average molecular weight is 300 g/mol. The Hall–Kier alpha value is -0.540. The Bertz CT molecular complexity index is 341. The molecule has 0 amide bonds. The van der Waals surface area contributed by atoms with E-state index in [0.29, 0.717) is 0 Å². The van der Waals surface area contributed by atoms with Gasteiger partial charge in [0, 0.05) is 6.04 Å². The minimum Gasteiger partial charge on any atom is -0.496 e. The molecule has 0 saturated heterocycles. The highest BCUT2D eigenvalue weighted by atomic mass is 79.9. The van der Waals surface area contributed by atoms with Gasteiger partial charge in [-0.1, -0.05) is 32.3 Å². The summed E-state index contributed by atoms with van der Waals surface area (Å²) in [6, 6.07) is 6.43. The molecule has 1 aromatic rings. The predicted octanol–water partition coefficient (Wildman–Crippen LogP) is 3.91. The van der Waals surface area contributed by atoms with E-state index in [-0.39, 0.29) is 6.04 Å². The van der Waals surface area contributed by atoms with Crippen molar-refractivity contribution in [1.82, 2.24) is 0 Å². The fraction of sp³-hybridized carbons (Fsp3) is 0.571. The molecule has 0 bridgehead atoms. The van der Waals surface area contributed by atoms with Crippen LogP contribution in [0.25, 0.3) is 0 Å². The van der Waals surface area contributed by atoms with Crippen LogP contribution >= 0.6 is 15.9 Å². The summed E-state index contributed by atoms with van der Waals surface area (Å²) in [5.74, 6) is 0.869. The molecule has 2 nitrogen and oxygen atoms in total. The van der Waals surface area contributed by atoms with E-state index in [2.05, 4.69) is 35.0 Å². The van der Waals surface area contributed by atoms with E-state index >= 15 is 0 Å². The minimum atomic E-state index is 0.266. The normalized spacial score (nSPS) is 12.5. The minimum absolute atomic E-state index is 0.266. The summed E-state index contributed by atoms with van der Waals surface area (Å²) in [6.07, 6.45) is 5.81. The third kappa shape index (κ3) is 5.09. The van der Waals surface area contributed by atoms with Crippen LogP contribution in [0.5, 0.6) is 5.75 Å². The van der Waals surface area contributed by atoms with E-state index in [1.165, 1.54) is 24.8 Å². The van der Waals surface area contributed by atoms with Crippen molar-refractivity contribution in [2.45, 2.75) is 45.1 Å². The summed E-state index contributed by atoms with van der Waals surface area (Å²) in [5, 5.41) is 0. The van der Waals surface area contributed by atoms with Gasteiger partial charge in [0.15, 0.2) is 0 Å². The molecule has 1 atom stereocenters. The molecule has 1 rings (SSSR count). The number of hydrogen-bond donors (Lipinski definition) is 1. The molecule has 0 spiro atoms.